The molecule has 0 unspecified atom stereocenters. The smallest absolute Gasteiger partial charge is 0.414 e. The second kappa shape index (κ2) is 5.44. The summed E-state index contributed by atoms with van der Waals surface area (Å²) in [5.74, 6) is 0.452. The molecule has 2 aromatic carbocycles. The molecule has 1 amide bonds. The molecule has 1 aliphatic heterocycles. The molecule has 1 aliphatic rings. The van der Waals surface area contributed by atoms with Gasteiger partial charge in [-0.05, 0) is 38.1 Å². The lowest BCUT2D eigenvalue weighted by molar-refractivity contribution is 0.0582. The Morgan fingerprint density at radius 1 is 1.30 bits per heavy atom. The Bertz CT molecular complexity index is 761. The molecule has 1 N–H and O–H groups in total. The van der Waals surface area contributed by atoms with Gasteiger partial charge in [-0.2, -0.15) is 0 Å². The standard InChI is InChI=1S/C19H23NO3/c1-5-12-11-20(18(22)23-19(2,3)4)15-10-16(21)13-8-6-7-9-14(13)17(12)15/h6-10,12,21H,5,11H2,1-4H3/t12-/m1/s1. The van der Waals surface area contributed by atoms with Crippen LogP contribution in [-0.2, 0) is 4.74 Å². The maximum absolute atomic E-state index is 12.6. The first-order chi connectivity index (χ1) is 10.8. The van der Waals surface area contributed by atoms with Gasteiger partial charge in [0.1, 0.15) is 11.4 Å². The average Bonchev–Trinajstić information content (AvgIpc) is 2.84. The molecule has 1 heterocycles. The van der Waals surface area contributed by atoms with Crippen LogP contribution in [0.2, 0.25) is 0 Å². The number of hydrogen-bond donors (Lipinski definition) is 1. The molecular formula is C19H23NO3. The summed E-state index contributed by atoms with van der Waals surface area (Å²) in [6.45, 7) is 8.29. The van der Waals surface area contributed by atoms with Crippen molar-refractivity contribution in [3.05, 3.63) is 35.9 Å². The van der Waals surface area contributed by atoms with E-state index >= 15 is 0 Å². The molecule has 0 spiro atoms. The number of benzene rings is 2. The van der Waals surface area contributed by atoms with Gasteiger partial charge in [0.2, 0.25) is 0 Å². The molecule has 122 valence electrons. The summed E-state index contributed by atoms with van der Waals surface area (Å²) in [4.78, 5) is 14.2. The van der Waals surface area contributed by atoms with E-state index in [9.17, 15) is 9.90 Å². The number of phenolic OH excluding ortho intramolecular Hbond substituents is 1. The van der Waals surface area contributed by atoms with Crippen molar-refractivity contribution in [3.63, 3.8) is 0 Å². The third kappa shape index (κ3) is 2.74. The molecule has 2 aromatic rings. The van der Waals surface area contributed by atoms with Crippen molar-refractivity contribution in [3.8, 4) is 5.75 Å². The first-order valence-electron chi connectivity index (χ1n) is 8.07. The minimum atomic E-state index is -0.541. The van der Waals surface area contributed by atoms with Crippen LogP contribution in [-0.4, -0.2) is 23.3 Å². The van der Waals surface area contributed by atoms with Crippen LogP contribution >= 0.6 is 0 Å². The normalized spacial score (nSPS) is 17.4. The Balaban J connectivity index is 2.13. The van der Waals surface area contributed by atoms with Crippen molar-refractivity contribution in [1.29, 1.82) is 0 Å². The molecule has 3 rings (SSSR count). The van der Waals surface area contributed by atoms with Gasteiger partial charge >= 0.3 is 6.09 Å². The van der Waals surface area contributed by atoms with E-state index in [1.807, 2.05) is 45.0 Å². The van der Waals surface area contributed by atoms with Gasteiger partial charge in [-0.25, -0.2) is 4.79 Å². The molecule has 4 nitrogen and oxygen atoms in total. The number of hydrogen-bond acceptors (Lipinski definition) is 3. The van der Waals surface area contributed by atoms with Crippen molar-refractivity contribution in [2.24, 2.45) is 0 Å². The molecule has 0 saturated carbocycles. The Morgan fingerprint density at radius 3 is 2.57 bits per heavy atom. The minimum absolute atomic E-state index is 0.199. The maximum Gasteiger partial charge on any atom is 0.414 e. The zero-order chi connectivity index (χ0) is 16.8. The largest absolute Gasteiger partial charge is 0.507 e. The van der Waals surface area contributed by atoms with E-state index in [1.165, 1.54) is 0 Å². The van der Waals surface area contributed by atoms with Crippen LogP contribution in [0.1, 0.15) is 45.6 Å². The molecule has 4 heteroatoms. The summed E-state index contributed by atoms with van der Waals surface area (Å²) in [6, 6.07) is 9.49. The highest BCUT2D eigenvalue weighted by Gasteiger charge is 2.36. The molecule has 0 saturated heterocycles. The second-order valence-corrected chi connectivity index (χ2v) is 7.07. The fraction of sp³-hybridized carbons (Fsp3) is 0.421. The van der Waals surface area contributed by atoms with Crippen molar-refractivity contribution in [2.45, 2.75) is 45.6 Å². The molecule has 0 fully saturated rings. The first-order valence-corrected chi connectivity index (χ1v) is 8.07. The number of rotatable bonds is 1. The van der Waals surface area contributed by atoms with E-state index in [-0.39, 0.29) is 17.8 Å². The Hall–Kier alpha value is -2.23. The van der Waals surface area contributed by atoms with Crippen molar-refractivity contribution in [2.75, 3.05) is 11.4 Å². The van der Waals surface area contributed by atoms with Crippen LogP contribution in [0, 0.1) is 0 Å². The van der Waals surface area contributed by atoms with Crippen LogP contribution in [0.3, 0.4) is 0 Å². The summed E-state index contributed by atoms with van der Waals surface area (Å²) < 4.78 is 5.53. The highest BCUT2D eigenvalue weighted by Crippen LogP contribution is 2.46. The van der Waals surface area contributed by atoms with E-state index in [0.29, 0.717) is 6.54 Å². The van der Waals surface area contributed by atoms with Crippen LogP contribution < -0.4 is 4.90 Å². The number of ether oxygens (including phenoxy) is 1. The van der Waals surface area contributed by atoms with Crippen LogP contribution in [0.5, 0.6) is 5.75 Å². The summed E-state index contributed by atoms with van der Waals surface area (Å²) >= 11 is 0. The molecule has 0 aromatic heterocycles. The Morgan fingerprint density at radius 2 is 1.96 bits per heavy atom. The summed E-state index contributed by atoms with van der Waals surface area (Å²) in [5, 5.41) is 12.2. The number of aromatic hydroxyl groups is 1. The summed E-state index contributed by atoms with van der Waals surface area (Å²) in [6.07, 6.45) is 0.575. The van der Waals surface area contributed by atoms with Crippen LogP contribution in [0.25, 0.3) is 10.8 Å². The third-order valence-corrected chi connectivity index (χ3v) is 4.25. The number of anilines is 1. The van der Waals surface area contributed by atoms with Gasteiger partial charge in [0.25, 0.3) is 0 Å². The predicted octanol–water partition coefficient (Wildman–Crippen LogP) is 4.79. The SMILES string of the molecule is CC[C@@H]1CN(C(=O)OC(C)(C)C)c2cc(O)c3ccccc3c21. The third-order valence-electron chi connectivity index (χ3n) is 4.25. The van der Waals surface area contributed by atoms with Gasteiger partial charge in [0, 0.05) is 23.9 Å². The van der Waals surface area contributed by atoms with E-state index in [1.54, 1.807) is 11.0 Å². The van der Waals surface area contributed by atoms with Crippen molar-refractivity contribution >= 4 is 22.6 Å². The van der Waals surface area contributed by atoms with E-state index in [0.717, 1.165) is 28.4 Å². The van der Waals surface area contributed by atoms with E-state index in [4.69, 9.17) is 4.74 Å². The quantitative estimate of drug-likeness (QED) is 0.823. The topological polar surface area (TPSA) is 49.8 Å². The second-order valence-electron chi connectivity index (χ2n) is 7.07. The molecule has 0 radical (unpaired) electrons. The number of carbonyl (C=O) groups excluding carboxylic acids is 1. The van der Waals surface area contributed by atoms with Crippen molar-refractivity contribution in [1.82, 2.24) is 0 Å². The summed E-state index contributed by atoms with van der Waals surface area (Å²) in [5.41, 5.74) is 1.36. The van der Waals surface area contributed by atoms with Crippen LogP contribution in [0.4, 0.5) is 10.5 Å². The average molecular weight is 313 g/mol. The number of carbonyl (C=O) groups is 1. The highest BCUT2D eigenvalue weighted by molar-refractivity contribution is 6.01. The van der Waals surface area contributed by atoms with Crippen LogP contribution in [0.15, 0.2) is 30.3 Å². The predicted molar refractivity (Wildman–Crippen MR) is 92.2 cm³/mol. The van der Waals surface area contributed by atoms with Gasteiger partial charge in [0.15, 0.2) is 0 Å². The Kier molecular flexibility index (Phi) is 3.71. The fourth-order valence-electron chi connectivity index (χ4n) is 3.25. The summed E-state index contributed by atoms with van der Waals surface area (Å²) in [7, 11) is 0. The number of nitrogens with zero attached hydrogens (tertiary/aromatic N) is 1. The molecule has 23 heavy (non-hydrogen) atoms. The maximum atomic E-state index is 12.6. The van der Waals surface area contributed by atoms with E-state index in [2.05, 4.69) is 6.92 Å². The molecule has 0 bridgehead atoms. The lowest BCUT2D eigenvalue weighted by Crippen LogP contribution is -2.36. The Labute approximate surface area is 136 Å². The lowest BCUT2D eigenvalue weighted by atomic mass is 9.93. The minimum Gasteiger partial charge on any atom is -0.507 e. The monoisotopic (exact) mass is 313 g/mol. The number of phenols is 1. The van der Waals surface area contributed by atoms with Gasteiger partial charge < -0.3 is 9.84 Å². The van der Waals surface area contributed by atoms with Crippen molar-refractivity contribution < 1.29 is 14.6 Å². The van der Waals surface area contributed by atoms with Gasteiger partial charge in [0.05, 0.1) is 5.69 Å². The van der Waals surface area contributed by atoms with E-state index < -0.39 is 5.60 Å². The van der Waals surface area contributed by atoms with Gasteiger partial charge in [-0.15, -0.1) is 0 Å². The molecule has 0 aliphatic carbocycles. The molecule has 1 atom stereocenters. The number of amides is 1. The number of fused-ring (bicyclic) bond motifs is 3. The highest BCUT2D eigenvalue weighted by atomic mass is 16.6. The fourth-order valence-corrected chi connectivity index (χ4v) is 3.25. The zero-order valence-corrected chi connectivity index (χ0v) is 14.1. The molecular weight excluding hydrogens is 290 g/mol. The lowest BCUT2D eigenvalue weighted by Gasteiger charge is -2.25. The zero-order valence-electron chi connectivity index (χ0n) is 14.1. The van der Waals surface area contributed by atoms with Gasteiger partial charge in [-0.3, -0.25) is 4.90 Å². The van der Waals surface area contributed by atoms with Gasteiger partial charge in [-0.1, -0.05) is 31.2 Å². The first kappa shape index (κ1) is 15.7.